The lowest BCUT2D eigenvalue weighted by molar-refractivity contribution is -0.617. The van der Waals surface area contributed by atoms with E-state index in [9.17, 15) is 0 Å². The van der Waals surface area contributed by atoms with Crippen LogP contribution >= 0.6 is 0 Å². The Morgan fingerprint density at radius 1 is 0.947 bits per heavy atom. The summed E-state index contributed by atoms with van der Waals surface area (Å²) < 4.78 is 4.56. The van der Waals surface area contributed by atoms with E-state index >= 15 is 0 Å². The second-order valence-corrected chi connectivity index (χ2v) is 5.10. The zero-order chi connectivity index (χ0) is 13.0. The van der Waals surface area contributed by atoms with E-state index in [2.05, 4.69) is 77.7 Å². The molecule has 2 aromatic heterocycles. The van der Waals surface area contributed by atoms with Gasteiger partial charge in [0.2, 0.25) is 0 Å². The van der Waals surface area contributed by atoms with Crippen molar-refractivity contribution in [1.82, 2.24) is 4.40 Å². The van der Waals surface area contributed by atoms with Crippen molar-refractivity contribution in [2.75, 3.05) is 0 Å². The molecule has 92 valence electrons. The summed E-state index contributed by atoms with van der Waals surface area (Å²) in [6.45, 7) is 2.18. The highest BCUT2D eigenvalue weighted by Crippen LogP contribution is 2.24. The van der Waals surface area contributed by atoms with Gasteiger partial charge in [0, 0.05) is 0 Å². The normalized spacial score (nSPS) is 11.7. The number of imidazole rings is 1. The molecular weight excluding hydrogens is 232 g/mol. The molecule has 0 saturated heterocycles. The molecule has 2 heterocycles. The number of aromatic nitrogens is 2. The van der Waals surface area contributed by atoms with E-state index in [-0.39, 0.29) is 0 Å². The van der Waals surface area contributed by atoms with Crippen LogP contribution in [0.2, 0.25) is 0 Å². The fourth-order valence-corrected chi connectivity index (χ4v) is 3.07. The number of aryl methyl sites for hydroxylation is 2. The Labute approximate surface area is 111 Å². The Balaban J connectivity index is 2.41. The Morgan fingerprint density at radius 2 is 1.79 bits per heavy atom. The van der Waals surface area contributed by atoms with E-state index in [1.807, 2.05) is 0 Å². The van der Waals surface area contributed by atoms with Crippen LogP contribution in [0.15, 0.2) is 54.7 Å². The first-order valence-electron chi connectivity index (χ1n) is 6.54. The van der Waals surface area contributed by atoms with E-state index < -0.39 is 0 Å². The third-order valence-electron chi connectivity index (χ3n) is 3.98. The molecular formula is C17H15N2+. The molecule has 0 bridgehead atoms. The summed E-state index contributed by atoms with van der Waals surface area (Å²) in [5.74, 6) is 0. The van der Waals surface area contributed by atoms with Gasteiger partial charge in [0.25, 0.3) is 5.65 Å². The van der Waals surface area contributed by atoms with E-state index in [4.69, 9.17) is 0 Å². The number of pyridine rings is 1. The third-order valence-corrected chi connectivity index (χ3v) is 3.98. The lowest BCUT2D eigenvalue weighted by Crippen LogP contribution is -2.27. The number of para-hydroxylation sites is 2. The number of nitrogens with zero attached hydrogens (tertiary/aromatic N) is 2. The van der Waals surface area contributed by atoms with Crippen molar-refractivity contribution in [2.45, 2.75) is 6.92 Å². The van der Waals surface area contributed by atoms with Gasteiger partial charge in [-0.25, -0.2) is 4.57 Å². The van der Waals surface area contributed by atoms with E-state index in [1.165, 1.54) is 33.0 Å². The molecule has 0 fully saturated rings. The van der Waals surface area contributed by atoms with E-state index in [0.29, 0.717) is 0 Å². The summed E-state index contributed by atoms with van der Waals surface area (Å²) in [5, 5.41) is 2.63. The number of benzene rings is 2. The Bertz CT molecular complexity index is 932. The maximum atomic E-state index is 2.28. The van der Waals surface area contributed by atoms with Crippen LogP contribution in [0.1, 0.15) is 5.56 Å². The van der Waals surface area contributed by atoms with Gasteiger partial charge in [0.1, 0.15) is 0 Å². The Morgan fingerprint density at radius 3 is 2.68 bits per heavy atom. The molecule has 0 N–H and O–H groups in total. The molecule has 2 nitrogen and oxygen atoms in total. The van der Waals surface area contributed by atoms with E-state index in [1.54, 1.807) is 0 Å². The van der Waals surface area contributed by atoms with Crippen molar-refractivity contribution in [1.29, 1.82) is 0 Å². The Hall–Kier alpha value is -2.35. The van der Waals surface area contributed by atoms with Gasteiger partial charge < -0.3 is 0 Å². The molecule has 0 saturated carbocycles. The number of hydrogen-bond acceptors (Lipinski definition) is 0. The molecule has 0 aliphatic rings. The highest BCUT2D eigenvalue weighted by Gasteiger charge is 2.19. The molecule has 4 aromatic rings. The van der Waals surface area contributed by atoms with Gasteiger partial charge in [0.15, 0.2) is 11.0 Å². The minimum absolute atomic E-state index is 1.25. The zero-order valence-electron chi connectivity index (χ0n) is 11.1. The molecule has 0 unspecified atom stereocenters. The van der Waals surface area contributed by atoms with Crippen LogP contribution in [0.3, 0.4) is 0 Å². The van der Waals surface area contributed by atoms with Crippen LogP contribution in [0.25, 0.3) is 27.5 Å². The van der Waals surface area contributed by atoms with Crippen LogP contribution in [0.5, 0.6) is 0 Å². The second-order valence-electron chi connectivity index (χ2n) is 5.10. The first-order chi connectivity index (χ1) is 9.27. The number of fused-ring (bicyclic) bond motifs is 5. The minimum Gasteiger partial charge on any atom is -0.225 e. The van der Waals surface area contributed by atoms with Crippen molar-refractivity contribution in [3.05, 3.63) is 60.3 Å². The van der Waals surface area contributed by atoms with Gasteiger partial charge in [-0.2, -0.15) is 4.40 Å². The van der Waals surface area contributed by atoms with Gasteiger partial charge in [-0.05, 0) is 36.1 Å². The van der Waals surface area contributed by atoms with Crippen molar-refractivity contribution >= 4 is 27.5 Å². The average molecular weight is 247 g/mol. The fraction of sp³-hybridized carbons (Fsp3) is 0.118. The largest absolute Gasteiger partial charge is 0.295 e. The highest BCUT2D eigenvalue weighted by atomic mass is 15.1. The molecule has 0 aliphatic heterocycles. The summed E-state index contributed by atoms with van der Waals surface area (Å²) in [5.41, 5.74) is 5.10. The van der Waals surface area contributed by atoms with Gasteiger partial charge >= 0.3 is 0 Å². The smallest absolute Gasteiger partial charge is 0.225 e. The first-order valence-corrected chi connectivity index (χ1v) is 6.54. The molecule has 4 rings (SSSR count). The number of rotatable bonds is 0. The van der Waals surface area contributed by atoms with Crippen molar-refractivity contribution in [3.63, 3.8) is 0 Å². The van der Waals surface area contributed by atoms with Crippen molar-refractivity contribution < 1.29 is 4.57 Å². The Kier molecular flexibility index (Phi) is 1.99. The molecule has 0 amide bonds. The average Bonchev–Trinajstić information content (AvgIpc) is 2.73. The van der Waals surface area contributed by atoms with Crippen molar-refractivity contribution in [2.24, 2.45) is 7.05 Å². The quantitative estimate of drug-likeness (QED) is 0.421. The summed E-state index contributed by atoms with van der Waals surface area (Å²) in [7, 11) is 2.14. The molecule has 0 aliphatic carbocycles. The monoisotopic (exact) mass is 247 g/mol. The van der Waals surface area contributed by atoms with Gasteiger partial charge in [0.05, 0.1) is 18.6 Å². The van der Waals surface area contributed by atoms with Crippen molar-refractivity contribution in [3.8, 4) is 0 Å². The molecule has 0 atom stereocenters. The lowest BCUT2D eigenvalue weighted by Gasteiger charge is -2.01. The number of hydrogen-bond donors (Lipinski definition) is 0. The first kappa shape index (κ1) is 10.6. The zero-order valence-corrected chi connectivity index (χ0v) is 11.1. The second kappa shape index (κ2) is 3.58. The predicted molar refractivity (Wildman–Crippen MR) is 78.3 cm³/mol. The van der Waals surface area contributed by atoms with E-state index in [0.717, 1.165) is 0 Å². The predicted octanol–water partition coefficient (Wildman–Crippen LogP) is 3.38. The fourth-order valence-electron chi connectivity index (χ4n) is 3.07. The molecule has 2 heteroatoms. The van der Waals surface area contributed by atoms with Gasteiger partial charge in [-0.1, -0.05) is 30.3 Å². The molecule has 0 spiro atoms. The maximum absolute atomic E-state index is 2.28. The van der Waals surface area contributed by atoms with Gasteiger partial charge in [-0.15, -0.1) is 0 Å². The van der Waals surface area contributed by atoms with Gasteiger partial charge in [-0.3, -0.25) is 0 Å². The van der Waals surface area contributed by atoms with Crippen LogP contribution < -0.4 is 4.57 Å². The molecule has 19 heavy (non-hydrogen) atoms. The SMILES string of the molecule is Cc1cccc2ccn3c4ccccc4[n+](C)c3c12. The molecule has 0 radical (unpaired) electrons. The lowest BCUT2D eigenvalue weighted by atomic mass is 10.1. The highest BCUT2D eigenvalue weighted by molar-refractivity contribution is 5.97. The van der Waals surface area contributed by atoms with Crippen LogP contribution in [0, 0.1) is 6.92 Å². The van der Waals surface area contributed by atoms with Crippen LogP contribution in [-0.2, 0) is 7.05 Å². The topological polar surface area (TPSA) is 8.29 Å². The van der Waals surface area contributed by atoms with Crippen LogP contribution in [0.4, 0.5) is 0 Å². The van der Waals surface area contributed by atoms with Crippen LogP contribution in [-0.4, -0.2) is 4.40 Å². The maximum Gasteiger partial charge on any atom is 0.295 e. The standard InChI is InChI=1S/C17H15N2/c1-12-6-5-7-13-10-11-19-15-9-4-3-8-14(15)18(2)17(19)16(12)13/h3-11H,1-2H3/q+1. The summed E-state index contributed by atoms with van der Waals surface area (Å²) in [4.78, 5) is 0. The molecule has 2 aromatic carbocycles. The summed E-state index contributed by atoms with van der Waals surface area (Å²) in [6, 6.07) is 17.2. The third kappa shape index (κ3) is 1.28. The summed E-state index contributed by atoms with van der Waals surface area (Å²) in [6.07, 6.45) is 2.17. The summed E-state index contributed by atoms with van der Waals surface area (Å²) >= 11 is 0. The minimum atomic E-state index is 1.25.